The molecule has 2 aromatic rings. The van der Waals surface area contributed by atoms with Gasteiger partial charge in [0, 0.05) is 32.7 Å². The standard InChI is InChI=1S/C17H17.Y/c1-12-8-9-15-10-13-6-4-5-7-14(13)11-16(15)17(12,2)3;/h4-11H,1-3H3;/q-1;. The maximum atomic E-state index is 2.34. The summed E-state index contributed by atoms with van der Waals surface area (Å²) in [4.78, 5) is 0. The van der Waals surface area contributed by atoms with Crippen molar-refractivity contribution in [3.63, 3.8) is 0 Å². The molecule has 89 valence electrons. The van der Waals surface area contributed by atoms with Crippen LogP contribution in [0.5, 0.6) is 0 Å². The Labute approximate surface area is 134 Å². The molecule has 0 N–H and O–H groups in total. The molecule has 0 atom stereocenters. The molecule has 0 fully saturated rings. The van der Waals surface area contributed by atoms with Crippen molar-refractivity contribution in [1.82, 2.24) is 0 Å². The summed E-state index contributed by atoms with van der Waals surface area (Å²) in [6.45, 7) is 6.83. The Balaban J connectivity index is 0.00000120. The van der Waals surface area contributed by atoms with Crippen molar-refractivity contribution >= 4 is 16.8 Å². The van der Waals surface area contributed by atoms with E-state index >= 15 is 0 Å². The normalized spacial score (nSPS) is 16.3. The van der Waals surface area contributed by atoms with Crippen LogP contribution in [-0.4, -0.2) is 0 Å². The number of fused-ring (bicyclic) bond motifs is 2. The molecule has 0 nitrogen and oxygen atoms in total. The van der Waals surface area contributed by atoms with Crippen molar-refractivity contribution in [2.24, 2.45) is 0 Å². The summed E-state index contributed by atoms with van der Waals surface area (Å²) in [6.07, 6.45) is 4.49. The van der Waals surface area contributed by atoms with Gasteiger partial charge in [-0.2, -0.15) is 0 Å². The van der Waals surface area contributed by atoms with E-state index in [1.807, 2.05) is 0 Å². The van der Waals surface area contributed by atoms with E-state index in [4.69, 9.17) is 0 Å². The Morgan fingerprint density at radius 1 is 1.00 bits per heavy atom. The average molecular weight is 310 g/mol. The Morgan fingerprint density at radius 3 is 2.28 bits per heavy atom. The minimum absolute atomic E-state index is 0. The zero-order valence-corrected chi connectivity index (χ0v) is 14.0. The quantitative estimate of drug-likeness (QED) is 0.617. The smallest absolute Gasteiger partial charge is 0 e. The fourth-order valence-electron chi connectivity index (χ4n) is 2.57. The van der Waals surface area contributed by atoms with Crippen LogP contribution >= 0.6 is 0 Å². The molecule has 1 aliphatic rings. The molecular formula is C17H17Y-. The summed E-state index contributed by atoms with van der Waals surface area (Å²) in [7, 11) is 0. The summed E-state index contributed by atoms with van der Waals surface area (Å²) < 4.78 is 0. The predicted molar refractivity (Wildman–Crippen MR) is 74.9 cm³/mol. The molecule has 0 aromatic heterocycles. The van der Waals surface area contributed by atoms with Gasteiger partial charge in [-0.3, -0.25) is 0 Å². The van der Waals surface area contributed by atoms with Crippen LogP contribution in [0, 0.1) is 5.92 Å². The van der Waals surface area contributed by atoms with Gasteiger partial charge in [0.25, 0.3) is 0 Å². The van der Waals surface area contributed by atoms with E-state index in [9.17, 15) is 0 Å². The molecule has 0 aliphatic heterocycles. The van der Waals surface area contributed by atoms with E-state index in [1.54, 1.807) is 0 Å². The van der Waals surface area contributed by atoms with E-state index in [0.717, 1.165) is 0 Å². The first-order valence-corrected chi connectivity index (χ1v) is 6.14. The van der Waals surface area contributed by atoms with Gasteiger partial charge < -0.3 is 0 Å². The third-order valence-electron chi connectivity index (χ3n) is 4.09. The number of allylic oxidation sites excluding steroid dienone is 1. The van der Waals surface area contributed by atoms with Gasteiger partial charge in [0.1, 0.15) is 0 Å². The zero-order valence-electron chi connectivity index (χ0n) is 11.2. The van der Waals surface area contributed by atoms with Crippen LogP contribution in [0.25, 0.3) is 16.8 Å². The Hall–Kier alpha value is -0.586. The van der Waals surface area contributed by atoms with Crippen molar-refractivity contribution in [2.45, 2.75) is 26.2 Å². The van der Waals surface area contributed by atoms with Gasteiger partial charge in [-0.15, -0.1) is 12.5 Å². The summed E-state index contributed by atoms with van der Waals surface area (Å²) in [6, 6.07) is 13.2. The summed E-state index contributed by atoms with van der Waals surface area (Å²) in [5.74, 6) is 1.43. The fraction of sp³-hybridized carbons (Fsp3) is 0.235. The monoisotopic (exact) mass is 310 g/mol. The SMILES string of the molecule is C[C-]1C=Cc2cc3ccccc3cc2C1(C)C.[Y]. The van der Waals surface area contributed by atoms with Crippen LogP contribution < -0.4 is 0 Å². The van der Waals surface area contributed by atoms with E-state index < -0.39 is 0 Å². The first kappa shape index (κ1) is 13.8. The van der Waals surface area contributed by atoms with Crippen molar-refractivity contribution in [2.75, 3.05) is 0 Å². The van der Waals surface area contributed by atoms with Crippen LogP contribution in [0.4, 0.5) is 0 Å². The summed E-state index contributed by atoms with van der Waals surface area (Å²) in [5.41, 5.74) is 2.95. The maximum Gasteiger partial charge on any atom is 0 e. The number of hydrogen-bond acceptors (Lipinski definition) is 0. The van der Waals surface area contributed by atoms with Gasteiger partial charge in [-0.05, 0) is 10.8 Å². The van der Waals surface area contributed by atoms with Crippen LogP contribution in [0.3, 0.4) is 0 Å². The van der Waals surface area contributed by atoms with Gasteiger partial charge in [-0.25, -0.2) is 18.1 Å². The van der Waals surface area contributed by atoms with Crippen LogP contribution in [0.15, 0.2) is 42.5 Å². The van der Waals surface area contributed by atoms with Crippen molar-refractivity contribution < 1.29 is 32.7 Å². The van der Waals surface area contributed by atoms with Crippen molar-refractivity contribution in [3.05, 3.63) is 59.5 Å². The molecule has 18 heavy (non-hydrogen) atoms. The molecule has 0 spiro atoms. The van der Waals surface area contributed by atoms with Crippen LogP contribution in [0.1, 0.15) is 31.9 Å². The minimum Gasteiger partial charge on any atom is -0.224 e. The van der Waals surface area contributed by atoms with E-state index in [-0.39, 0.29) is 38.1 Å². The first-order valence-electron chi connectivity index (χ1n) is 6.14. The second kappa shape index (κ2) is 4.83. The molecule has 0 saturated heterocycles. The van der Waals surface area contributed by atoms with Crippen LogP contribution in [-0.2, 0) is 38.1 Å². The zero-order chi connectivity index (χ0) is 12.0. The molecule has 2 aromatic carbocycles. The molecular weight excluding hydrogens is 293 g/mol. The largest absolute Gasteiger partial charge is 0.224 e. The second-order valence-electron chi connectivity index (χ2n) is 5.43. The number of rotatable bonds is 0. The third kappa shape index (κ3) is 2.06. The van der Waals surface area contributed by atoms with Crippen LogP contribution in [0.2, 0.25) is 0 Å². The molecule has 3 rings (SSSR count). The van der Waals surface area contributed by atoms with Crippen molar-refractivity contribution in [3.8, 4) is 0 Å². The minimum atomic E-state index is 0. The topological polar surface area (TPSA) is 0 Å². The van der Waals surface area contributed by atoms with E-state index in [1.165, 1.54) is 27.8 Å². The number of hydrogen-bond donors (Lipinski definition) is 0. The predicted octanol–water partition coefficient (Wildman–Crippen LogP) is 4.74. The Bertz CT molecular complexity index is 608. The maximum absolute atomic E-state index is 2.34. The first-order chi connectivity index (χ1) is 8.09. The second-order valence-corrected chi connectivity index (χ2v) is 5.43. The van der Waals surface area contributed by atoms with E-state index in [0.29, 0.717) is 0 Å². The average Bonchev–Trinajstić information content (AvgIpc) is 2.33. The van der Waals surface area contributed by atoms with Crippen molar-refractivity contribution in [1.29, 1.82) is 0 Å². The van der Waals surface area contributed by atoms with Gasteiger partial charge in [0.15, 0.2) is 0 Å². The molecule has 0 bridgehead atoms. The molecule has 1 radical (unpaired) electrons. The molecule has 0 heterocycles. The third-order valence-corrected chi connectivity index (χ3v) is 4.09. The van der Waals surface area contributed by atoms with E-state index in [2.05, 4.69) is 69.3 Å². The Morgan fingerprint density at radius 2 is 1.61 bits per heavy atom. The number of benzene rings is 2. The summed E-state index contributed by atoms with van der Waals surface area (Å²) >= 11 is 0. The molecule has 1 aliphatic carbocycles. The Kier molecular flexibility index (Phi) is 3.71. The van der Waals surface area contributed by atoms with Gasteiger partial charge in [0.05, 0.1) is 0 Å². The molecule has 1 heteroatoms. The molecule has 0 amide bonds. The summed E-state index contributed by atoms with van der Waals surface area (Å²) in [5, 5.41) is 2.66. The fourth-order valence-corrected chi connectivity index (χ4v) is 2.57. The van der Waals surface area contributed by atoms with Gasteiger partial charge >= 0.3 is 0 Å². The molecule has 0 unspecified atom stereocenters. The van der Waals surface area contributed by atoms with Gasteiger partial charge in [0.2, 0.25) is 0 Å². The van der Waals surface area contributed by atoms with Gasteiger partial charge in [-0.1, -0.05) is 61.2 Å². The molecule has 0 saturated carbocycles.